The van der Waals surface area contributed by atoms with Crippen LogP contribution < -0.4 is 5.32 Å². The number of rotatable bonds is 6. The van der Waals surface area contributed by atoms with E-state index in [0.29, 0.717) is 5.95 Å². The molecule has 0 aliphatic carbocycles. The Balaban J connectivity index is 1.51. The van der Waals surface area contributed by atoms with E-state index >= 15 is 0 Å². The maximum atomic E-state index is 5.50. The van der Waals surface area contributed by atoms with Crippen LogP contribution in [0.3, 0.4) is 0 Å². The highest BCUT2D eigenvalue weighted by atomic mass is 32.1. The zero-order chi connectivity index (χ0) is 15.5. The van der Waals surface area contributed by atoms with E-state index in [2.05, 4.69) is 24.8 Å². The Morgan fingerprint density at radius 2 is 2.26 bits per heavy atom. The van der Waals surface area contributed by atoms with Crippen molar-refractivity contribution in [3.05, 3.63) is 48.6 Å². The van der Waals surface area contributed by atoms with Gasteiger partial charge in [-0.1, -0.05) is 0 Å². The Hall–Kier alpha value is -2.67. The highest BCUT2D eigenvalue weighted by molar-refractivity contribution is 7.17. The lowest BCUT2D eigenvalue weighted by Gasteiger charge is -2.07. The zero-order valence-corrected chi connectivity index (χ0v) is 13.2. The minimum absolute atomic E-state index is 0.632. The monoisotopic (exact) mass is 325 g/mol. The van der Waals surface area contributed by atoms with Crippen LogP contribution in [0.2, 0.25) is 0 Å². The summed E-state index contributed by atoms with van der Waals surface area (Å²) >= 11 is 1.62. The molecule has 0 aliphatic rings. The lowest BCUT2D eigenvalue weighted by atomic mass is 10.3. The number of hydrogen-bond donors (Lipinski definition) is 1. The van der Waals surface area contributed by atoms with Gasteiger partial charge in [-0.25, -0.2) is 15.0 Å². The van der Waals surface area contributed by atoms with Gasteiger partial charge in [0.2, 0.25) is 5.95 Å². The molecule has 4 rings (SSSR count). The van der Waals surface area contributed by atoms with Gasteiger partial charge in [-0.3, -0.25) is 0 Å². The van der Waals surface area contributed by atoms with Crippen molar-refractivity contribution in [3.63, 3.8) is 0 Å². The summed E-state index contributed by atoms with van der Waals surface area (Å²) in [6.45, 7) is 1.71. The summed E-state index contributed by atoms with van der Waals surface area (Å²) < 4.78 is 8.60. The van der Waals surface area contributed by atoms with Crippen LogP contribution in [0.1, 0.15) is 6.42 Å². The molecule has 0 unspecified atom stereocenters. The second kappa shape index (κ2) is 6.21. The van der Waals surface area contributed by atoms with E-state index in [0.717, 1.165) is 41.2 Å². The van der Waals surface area contributed by atoms with Gasteiger partial charge in [0, 0.05) is 25.5 Å². The van der Waals surface area contributed by atoms with Crippen molar-refractivity contribution in [2.24, 2.45) is 0 Å². The van der Waals surface area contributed by atoms with Crippen molar-refractivity contribution in [1.29, 1.82) is 0 Å². The van der Waals surface area contributed by atoms with Gasteiger partial charge in [-0.2, -0.15) is 0 Å². The number of furan rings is 1. The van der Waals surface area contributed by atoms with Gasteiger partial charge in [0.1, 0.15) is 5.69 Å². The fraction of sp³-hybridized carbons (Fsp3) is 0.188. The van der Waals surface area contributed by atoms with Crippen LogP contribution in [0.25, 0.3) is 21.7 Å². The maximum absolute atomic E-state index is 5.50. The topological polar surface area (TPSA) is 68.8 Å². The standard InChI is InChI=1S/C16H15N5OS/c1-3-13(22-9-1)14-15-12(4-10-23-15)19-16(20-14)18-5-2-7-21-8-6-17-11-21/h1,3-4,6,8-11H,2,5,7H2,(H,18,19,20). The van der Waals surface area contributed by atoms with Crippen molar-refractivity contribution in [2.45, 2.75) is 13.0 Å². The molecule has 0 amide bonds. The minimum atomic E-state index is 0.632. The summed E-state index contributed by atoms with van der Waals surface area (Å²) in [6.07, 6.45) is 8.20. The summed E-state index contributed by atoms with van der Waals surface area (Å²) in [5, 5.41) is 5.32. The summed E-state index contributed by atoms with van der Waals surface area (Å²) in [6, 6.07) is 5.80. The van der Waals surface area contributed by atoms with Gasteiger partial charge in [0.05, 0.1) is 22.8 Å². The molecule has 0 fully saturated rings. The quantitative estimate of drug-likeness (QED) is 0.548. The molecule has 0 aliphatic heterocycles. The third-order valence-corrected chi connectivity index (χ3v) is 4.40. The number of imidazole rings is 1. The SMILES string of the molecule is c1coc(-c2nc(NCCCn3ccnc3)nc3ccsc23)c1. The fourth-order valence-electron chi connectivity index (χ4n) is 2.40. The Labute approximate surface area is 136 Å². The number of nitrogens with one attached hydrogen (secondary N) is 1. The summed E-state index contributed by atoms with van der Waals surface area (Å²) in [7, 11) is 0. The smallest absolute Gasteiger partial charge is 0.223 e. The van der Waals surface area contributed by atoms with Gasteiger partial charge in [-0.05, 0) is 30.0 Å². The Bertz CT molecular complexity index is 883. The molecule has 23 heavy (non-hydrogen) atoms. The molecule has 4 aromatic heterocycles. The lowest BCUT2D eigenvalue weighted by molar-refractivity contribution is 0.581. The van der Waals surface area contributed by atoms with Gasteiger partial charge in [0.15, 0.2) is 5.76 Å². The molecule has 4 aromatic rings. The van der Waals surface area contributed by atoms with Crippen molar-refractivity contribution in [3.8, 4) is 11.5 Å². The zero-order valence-electron chi connectivity index (χ0n) is 12.3. The third-order valence-electron chi connectivity index (χ3n) is 3.49. The second-order valence-electron chi connectivity index (χ2n) is 5.09. The first-order valence-electron chi connectivity index (χ1n) is 7.39. The fourth-order valence-corrected chi connectivity index (χ4v) is 3.23. The predicted molar refractivity (Wildman–Crippen MR) is 90.5 cm³/mol. The third kappa shape index (κ3) is 2.95. The molecular weight excluding hydrogens is 310 g/mol. The Morgan fingerprint density at radius 3 is 3.09 bits per heavy atom. The number of hydrogen-bond acceptors (Lipinski definition) is 6. The van der Waals surface area contributed by atoms with E-state index in [1.165, 1.54) is 0 Å². The number of aryl methyl sites for hydroxylation is 1. The Kier molecular flexibility index (Phi) is 3.77. The lowest BCUT2D eigenvalue weighted by Crippen LogP contribution is -2.08. The summed E-state index contributed by atoms with van der Waals surface area (Å²) in [4.78, 5) is 13.2. The number of anilines is 1. The van der Waals surface area contributed by atoms with Gasteiger partial charge >= 0.3 is 0 Å². The van der Waals surface area contributed by atoms with E-state index in [9.17, 15) is 0 Å². The Morgan fingerprint density at radius 1 is 1.26 bits per heavy atom. The van der Waals surface area contributed by atoms with Crippen molar-refractivity contribution < 1.29 is 4.42 Å². The molecule has 0 bridgehead atoms. The van der Waals surface area contributed by atoms with E-state index in [1.807, 2.05) is 36.1 Å². The first-order chi connectivity index (χ1) is 11.4. The molecule has 0 atom stereocenters. The molecule has 0 aromatic carbocycles. The predicted octanol–water partition coefficient (Wildman–Crippen LogP) is 3.65. The average Bonchev–Trinajstić information content (AvgIpc) is 3.32. The molecule has 0 saturated carbocycles. The summed E-state index contributed by atoms with van der Waals surface area (Å²) in [5.41, 5.74) is 1.78. The number of aromatic nitrogens is 4. The van der Waals surface area contributed by atoms with Crippen molar-refractivity contribution in [1.82, 2.24) is 19.5 Å². The average molecular weight is 325 g/mol. The van der Waals surface area contributed by atoms with Gasteiger partial charge in [-0.15, -0.1) is 11.3 Å². The highest BCUT2D eigenvalue weighted by Crippen LogP contribution is 2.31. The van der Waals surface area contributed by atoms with Crippen molar-refractivity contribution in [2.75, 3.05) is 11.9 Å². The molecule has 0 saturated heterocycles. The molecule has 116 valence electrons. The van der Waals surface area contributed by atoms with Crippen LogP contribution in [0, 0.1) is 0 Å². The highest BCUT2D eigenvalue weighted by Gasteiger charge is 2.12. The number of nitrogens with zero attached hydrogens (tertiary/aromatic N) is 4. The van der Waals surface area contributed by atoms with E-state index in [4.69, 9.17) is 4.42 Å². The first-order valence-corrected chi connectivity index (χ1v) is 8.27. The van der Waals surface area contributed by atoms with Crippen LogP contribution in [0.5, 0.6) is 0 Å². The van der Waals surface area contributed by atoms with E-state index in [1.54, 1.807) is 23.8 Å². The van der Waals surface area contributed by atoms with Crippen LogP contribution in [-0.2, 0) is 6.54 Å². The normalized spacial score (nSPS) is 11.1. The van der Waals surface area contributed by atoms with Crippen LogP contribution >= 0.6 is 11.3 Å². The molecule has 4 heterocycles. The summed E-state index contributed by atoms with van der Waals surface area (Å²) in [5.74, 6) is 1.40. The molecule has 7 heteroatoms. The van der Waals surface area contributed by atoms with Gasteiger partial charge in [0.25, 0.3) is 0 Å². The van der Waals surface area contributed by atoms with E-state index < -0.39 is 0 Å². The molecule has 1 N–H and O–H groups in total. The number of thiophene rings is 1. The van der Waals surface area contributed by atoms with Crippen molar-refractivity contribution >= 4 is 27.5 Å². The molecular formula is C16H15N5OS. The van der Waals surface area contributed by atoms with E-state index in [-0.39, 0.29) is 0 Å². The second-order valence-corrected chi connectivity index (χ2v) is 6.01. The molecule has 0 spiro atoms. The van der Waals surface area contributed by atoms with Gasteiger partial charge < -0.3 is 14.3 Å². The van der Waals surface area contributed by atoms with Crippen LogP contribution in [-0.4, -0.2) is 26.1 Å². The number of fused-ring (bicyclic) bond motifs is 1. The minimum Gasteiger partial charge on any atom is -0.463 e. The van der Waals surface area contributed by atoms with Crippen LogP contribution in [0.4, 0.5) is 5.95 Å². The molecule has 6 nitrogen and oxygen atoms in total. The maximum Gasteiger partial charge on any atom is 0.223 e. The van der Waals surface area contributed by atoms with Crippen LogP contribution in [0.15, 0.2) is 53.0 Å². The largest absolute Gasteiger partial charge is 0.463 e. The molecule has 0 radical (unpaired) electrons. The first kappa shape index (κ1) is 14.0.